The highest BCUT2D eigenvalue weighted by atomic mass is 16.4. The molecule has 1 atom stereocenters. The number of carbonyl (C=O) groups excluding carboxylic acids is 3. The summed E-state index contributed by atoms with van der Waals surface area (Å²) in [5, 5.41) is 13.4. The van der Waals surface area contributed by atoms with Crippen LogP contribution in [0.3, 0.4) is 0 Å². The average Bonchev–Trinajstić information content (AvgIpc) is 3.15. The predicted octanol–water partition coefficient (Wildman–Crippen LogP) is -0.702. The van der Waals surface area contributed by atoms with Crippen LogP contribution in [0.1, 0.15) is 26.2 Å². The van der Waals surface area contributed by atoms with E-state index < -0.39 is 29.4 Å². The van der Waals surface area contributed by atoms with Crippen molar-refractivity contribution in [2.24, 2.45) is 5.92 Å². The van der Waals surface area contributed by atoms with E-state index in [0.29, 0.717) is 0 Å². The van der Waals surface area contributed by atoms with Crippen molar-refractivity contribution < 1.29 is 24.3 Å². The van der Waals surface area contributed by atoms with E-state index in [-0.39, 0.29) is 25.4 Å². The molecule has 1 aliphatic heterocycles. The van der Waals surface area contributed by atoms with Gasteiger partial charge in [-0.1, -0.05) is 0 Å². The Morgan fingerprint density at radius 3 is 2.65 bits per heavy atom. The van der Waals surface area contributed by atoms with Crippen LogP contribution in [-0.4, -0.2) is 52.4 Å². The molecule has 3 N–H and O–H groups in total. The van der Waals surface area contributed by atoms with Crippen LogP contribution in [0.5, 0.6) is 0 Å². The lowest BCUT2D eigenvalue weighted by Gasteiger charge is -2.20. The van der Waals surface area contributed by atoms with Crippen molar-refractivity contribution in [2.75, 3.05) is 13.1 Å². The Hall–Kier alpha value is -2.12. The van der Waals surface area contributed by atoms with Crippen molar-refractivity contribution >= 4 is 23.8 Å². The number of nitrogens with one attached hydrogen (secondary N) is 2. The minimum atomic E-state index is -1.03. The molecule has 4 amide bonds. The molecule has 8 nitrogen and oxygen atoms in total. The number of urea groups is 1. The molecule has 0 aromatic rings. The molecule has 110 valence electrons. The van der Waals surface area contributed by atoms with Crippen LogP contribution in [0.2, 0.25) is 0 Å². The molecule has 2 aliphatic rings. The Kier molecular flexibility index (Phi) is 3.65. The quantitative estimate of drug-likeness (QED) is 0.557. The topological polar surface area (TPSA) is 116 Å². The molecule has 20 heavy (non-hydrogen) atoms. The molecule has 0 radical (unpaired) electrons. The Morgan fingerprint density at radius 1 is 1.45 bits per heavy atom. The first-order valence-corrected chi connectivity index (χ1v) is 6.47. The monoisotopic (exact) mass is 283 g/mol. The molecule has 2 rings (SSSR count). The second kappa shape index (κ2) is 5.10. The fraction of sp³-hybridized carbons (Fsp3) is 0.667. The molecule has 0 bridgehead atoms. The van der Waals surface area contributed by atoms with Gasteiger partial charge in [0.1, 0.15) is 12.1 Å². The molecular weight excluding hydrogens is 266 g/mol. The summed E-state index contributed by atoms with van der Waals surface area (Å²) in [6.45, 7) is 1.26. The second-order valence-electron chi connectivity index (χ2n) is 5.29. The molecule has 0 unspecified atom stereocenters. The molecule has 1 heterocycles. The minimum Gasteiger partial charge on any atom is -0.481 e. The van der Waals surface area contributed by atoms with Crippen LogP contribution in [0, 0.1) is 5.92 Å². The van der Waals surface area contributed by atoms with Gasteiger partial charge in [-0.05, 0) is 25.7 Å². The number of carboxylic acids is 1. The van der Waals surface area contributed by atoms with Gasteiger partial charge >= 0.3 is 12.0 Å². The van der Waals surface area contributed by atoms with E-state index in [9.17, 15) is 19.2 Å². The van der Waals surface area contributed by atoms with E-state index in [2.05, 4.69) is 10.6 Å². The molecular formula is C12H17N3O5. The predicted molar refractivity (Wildman–Crippen MR) is 66.6 cm³/mol. The number of rotatable bonds is 6. The molecule has 1 saturated heterocycles. The van der Waals surface area contributed by atoms with Crippen LogP contribution in [0.25, 0.3) is 0 Å². The number of carboxylic acid groups (broad SMARTS) is 1. The standard InChI is InChI=1S/C12H17N3O5/c1-12(7-2-3-7)10(19)15(11(20)14-12)6-8(16)13-5-4-9(17)18/h7H,2-6H2,1H3,(H,13,16)(H,14,20)(H,17,18)/t12-/m1/s1. The van der Waals surface area contributed by atoms with E-state index in [4.69, 9.17) is 5.11 Å². The zero-order valence-corrected chi connectivity index (χ0v) is 11.1. The van der Waals surface area contributed by atoms with Gasteiger partial charge in [0.25, 0.3) is 5.91 Å². The average molecular weight is 283 g/mol. The lowest BCUT2D eigenvalue weighted by atomic mass is 9.96. The zero-order chi connectivity index (χ0) is 14.9. The maximum atomic E-state index is 12.2. The van der Waals surface area contributed by atoms with Gasteiger partial charge in [-0.15, -0.1) is 0 Å². The van der Waals surface area contributed by atoms with E-state index in [1.54, 1.807) is 6.92 Å². The number of imide groups is 1. The highest BCUT2D eigenvalue weighted by Gasteiger charge is 2.56. The number of nitrogens with zero attached hydrogens (tertiary/aromatic N) is 1. The summed E-state index contributed by atoms with van der Waals surface area (Å²) in [7, 11) is 0. The van der Waals surface area contributed by atoms with Gasteiger partial charge in [0, 0.05) is 6.54 Å². The summed E-state index contributed by atoms with van der Waals surface area (Å²) in [4.78, 5) is 46.8. The van der Waals surface area contributed by atoms with E-state index >= 15 is 0 Å². The largest absolute Gasteiger partial charge is 0.481 e. The van der Waals surface area contributed by atoms with Crippen molar-refractivity contribution in [1.82, 2.24) is 15.5 Å². The first-order valence-electron chi connectivity index (χ1n) is 6.47. The molecule has 2 fully saturated rings. The van der Waals surface area contributed by atoms with Crippen LogP contribution in [-0.2, 0) is 14.4 Å². The van der Waals surface area contributed by atoms with Gasteiger partial charge in [-0.3, -0.25) is 19.3 Å². The van der Waals surface area contributed by atoms with Crippen molar-refractivity contribution in [3.05, 3.63) is 0 Å². The number of amides is 4. The fourth-order valence-corrected chi connectivity index (χ4v) is 2.31. The Balaban J connectivity index is 1.89. The molecule has 1 saturated carbocycles. The highest BCUT2D eigenvalue weighted by molar-refractivity contribution is 6.09. The third-order valence-corrected chi connectivity index (χ3v) is 3.66. The van der Waals surface area contributed by atoms with Crippen LogP contribution < -0.4 is 10.6 Å². The lowest BCUT2D eigenvalue weighted by Crippen LogP contribution is -2.47. The van der Waals surface area contributed by atoms with Crippen molar-refractivity contribution in [1.29, 1.82) is 0 Å². The maximum absolute atomic E-state index is 12.2. The first kappa shape index (κ1) is 14.3. The van der Waals surface area contributed by atoms with Gasteiger partial charge in [0.05, 0.1) is 6.42 Å². The Morgan fingerprint density at radius 2 is 2.10 bits per heavy atom. The highest BCUT2D eigenvalue weighted by Crippen LogP contribution is 2.42. The minimum absolute atomic E-state index is 0.0301. The second-order valence-corrected chi connectivity index (χ2v) is 5.29. The van der Waals surface area contributed by atoms with Gasteiger partial charge < -0.3 is 15.7 Å². The molecule has 8 heteroatoms. The van der Waals surface area contributed by atoms with Crippen LogP contribution >= 0.6 is 0 Å². The maximum Gasteiger partial charge on any atom is 0.325 e. The van der Waals surface area contributed by atoms with Crippen LogP contribution in [0.15, 0.2) is 0 Å². The lowest BCUT2D eigenvalue weighted by molar-refractivity contribution is -0.137. The molecule has 1 aliphatic carbocycles. The molecule has 0 aromatic carbocycles. The van der Waals surface area contributed by atoms with Crippen LogP contribution in [0.4, 0.5) is 4.79 Å². The Labute approximate surface area is 115 Å². The third kappa shape index (κ3) is 2.73. The fourth-order valence-electron chi connectivity index (χ4n) is 2.31. The van der Waals surface area contributed by atoms with Crippen molar-refractivity contribution in [3.8, 4) is 0 Å². The first-order chi connectivity index (χ1) is 9.34. The molecule has 0 aromatic heterocycles. The van der Waals surface area contributed by atoms with Crippen molar-refractivity contribution in [2.45, 2.75) is 31.7 Å². The summed E-state index contributed by atoms with van der Waals surface area (Å²) in [5.41, 5.74) is -0.904. The Bertz CT molecular complexity index is 474. The smallest absolute Gasteiger partial charge is 0.325 e. The summed E-state index contributed by atoms with van der Waals surface area (Å²) < 4.78 is 0. The summed E-state index contributed by atoms with van der Waals surface area (Å²) >= 11 is 0. The summed E-state index contributed by atoms with van der Waals surface area (Å²) in [6, 6.07) is -0.571. The van der Waals surface area contributed by atoms with E-state index in [0.717, 1.165) is 17.7 Å². The SMILES string of the molecule is C[C@]1(C2CC2)NC(=O)N(CC(=O)NCCC(=O)O)C1=O. The van der Waals surface area contributed by atoms with Gasteiger partial charge in [-0.25, -0.2) is 4.79 Å². The number of carbonyl (C=O) groups is 4. The van der Waals surface area contributed by atoms with Crippen molar-refractivity contribution in [3.63, 3.8) is 0 Å². The van der Waals surface area contributed by atoms with Gasteiger partial charge in [-0.2, -0.15) is 0 Å². The third-order valence-electron chi connectivity index (χ3n) is 3.66. The van der Waals surface area contributed by atoms with E-state index in [1.165, 1.54) is 0 Å². The summed E-state index contributed by atoms with van der Waals surface area (Å²) in [5.74, 6) is -1.83. The van der Waals surface area contributed by atoms with Gasteiger partial charge in [0.15, 0.2) is 0 Å². The van der Waals surface area contributed by atoms with Gasteiger partial charge in [0.2, 0.25) is 5.91 Å². The normalized spacial score (nSPS) is 25.6. The number of aliphatic carboxylic acids is 1. The molecule has 0 spiro atoms. The number of hydrogen-bond acceptors (Lipinski definition) is 4. The number of hydrogen-bond donors (Lipinski definition) is 3. The van der Waals surface area contributed by atoms with E-state index in [1.807, 2.05) is 0 Å². The zero-order valence-electron chi connectivity index (χ0n) is 11.1. The summed E-state index contributed by atoms with van der Waals surface area (Å²) in [6.07, 6.45) is 1.58.